The van der Waals surface area contributed by atoms with Gasteiger partial charge in [0.2, 0.25) is 12.2 Å². The number of dihydropyridines is 1. The van der Waals surface area contributed by atoms with Gasteiger partial charge in [-0.05, 0) is 66.7 Å². The van der Waals surface area contributed by atoms with Crippen LogP contribution in [0.4, 0.5) is 24.8 Å². The third-order valence-electron chi connectivity index (χ3n) is 5.74. The second-order valence-corrected chi connectivity index (χ2v) is 8.33. The van der Waals surface area contributed by atoms with Crippen LogP contribution in [-0.2, 0) is 13.1 Å². The summed E-state index contributed by atoms with van der Waals surface area (Å²) in [4.78, 5) is 21.6. The lowest BCUT2D eigenvalue weighted by Gasteiger charge is -2.20. The smallest absolute Gasteiger partial charge is 0.300 e. The summed E-state index contributed by atoms with van der Waals surface area (Å²) in [6, 6.07) is 12.7. The molecule has 190 valence electrons. The molecular weight excluding hydrogens is 485 g/mol. The van der Waals surface area contributed by atoms with Gasteiger partial charge in [0.25, 0.3) is 0 Å². The third-order valence-corrected chi connectivity index (χ3v) is 5.74. The zero-order valence-corrected chi connectivity index (χ0v) is 19.6. The number of aryl methyl sites for hydroxylation is 1. The van der Waals surface area contributed by atoms with Gasteiger partial charge < -0.3 is 19.9 Å². The second kappa shape index (κ2) is 10.6. The van der Waals surface area contributed by atoms with Crippen molar-refractivity contribution in [3.05, 3.63) is 101 Å². The molecule has 0 saturated carbocycles. The van der Waals surface area contributed by atoms with Crippen molar-refractivity contribution in [2.24, 2.45) is 0 Å². The number of aromatic nitrogens is 4. The van der Waals surface area contributed by atoms with E-state index in [-0.39, 0.29) is 36.8 Å². The highest BCUT2D eigenvalue weighted by Gasteiger charge is 2.18. The van der Waals surface area contributed by atoms with Crippen molar-refractivity contribution < 1.29 is 17.9 Å². The van der Waals surface area contributed by atoms with Gasteiger partial charge >= 0.3 is 5.56 Å². The highest BCUT2D eigenvalue weighted by molar-refractivity contribution is 5.73. The van der Waals surface area contributed by atoms with Crippen LogP contribution < -0.4 is 20.9 Å². The summed E-state index contributed by atoms with van der Waals surface area (Å²) in [5.41, 5.74) is 1.47. The quantitative estimate of drug-likeness (QED) is 0.345. The van der Waals surface area contributed by atoms with Gasteiger partial charge in [-0.25, -0.2) is 13.8 Å². The van der Waals surface area contributed by atoms with Crippen molar-refractivity contribution in [3.8, 4) is 5.75 Å². The highest BCUT2D eigenvalue weighted by atomic mass is 19.1. The number of ether oxygens (including phenoxy) is 1. The fourth-order valence-electron chi connectivity index (χ4n) is 3.94. The number of hydrogen-bond acceptors (Lipinski definition) is 6. The zero-order chi connectivity index (χ0) is 25.8. The fraction of sp³-hybridized carbons (Fsp3) is 0.192. The van der Waals surface area contributed by atoms with Crippen LogP contribution in [0.2, 0.25) is 0 Å². The van der Waals surface area contributed by atoms with Crippen LogP contribution in [0.1, 0.15) is 12.0 Å². The van der Waals surface area contributed by atoms with E-state index in [0.29, 0.717) is 17.1 Å². The number of rotatable bonds is 9. The Morgan fingerprint density at radius 2 is 1.86 bits per heavy atom. The summed E-state index contributed by atoms with van der Waals surface area (Å²) in [5.74, 6) is -0.157. The maximum absolute atomic E-state index is 13.9. The number of fused-ring (bicyclic) bond motifs is 1. The zero-order valence-electron chi connectivity index (χ0n) is 19.6. The molecule has 1 unspecified atom stereocenters. The largest absolute Gasteiger partial charge is 0.464 e. The lowest BCUT2D eigenvalue weighted by atomic mass is 10.2. The molecule has 0 bridgehead atoms. The molecular formula is C26H23F3N6O2. The summed E-state index contributed by atoms with van der Waals surface area (Å²) in [5, 5.41) is 5.91. The average molecular weight is 509 g/mol. The van der Waals surface area contributed by atoms with Crippen molar-refractivity contribution in [1.82, 2.24) is 24.4 Å². The van der Waals surface area contributed by atoms with Crippen LogP contribution in [0.3, 0.4) is 0 Å². The standard InChI is InChI=1S/C26H23F3N6O2/c27-12-2-14-34-16-31-23-22(34)24(36)33-26(35(23)15-17-4-6-18(28)7-5-17)32-19-8-10-20(11-9-19)37-25-21(29)3-1-13-30-25/h1,3-11,13,16,25,30H,2,12,14-15H2,(H,32,33,36). The SMILES string of the molecule is O=c1nc(Nc2ccc(OC3NC=CC=C3F)cc2)n(Cc2ccc(F)cc2)c2ncn(CCCF)c12. The molecule has 2 aromatic heterocycles. The van der Waals surface area contributed by atoms with Gasteiger partial charge in [-0.1, -0.05) is 12.1 Å². The Labute approximate surface area is 209 Å². The van der Waals surface area contributed by atoms with E-state index in [4.69, 9.17) is 4.74 Å². The molecule has 37 heavy (non-hydrogen) atoms. The number of nitrogens with one attached hydrogen (secondary N) is 2. The van der Waals surface area contributed by atoms with Crippen molar-refractivity contribution in [2.45, 2.75) is 25.7 Å². The Bertz CT molecular complexity index is 1510. The first-order valence-corrected chi connectivity index (χ1v) is 11.6. The van der Waals surface area contributed by atoms with Crippen LogP contribution in [0, 0.1) is 5.82 Å². The van der Waals surface area contributed by atoms with E-state index in [0.717, 1.165) is 5.56 Å². The molecule has 0 aliphatic carbocycles. The number of halogens is 3. The van der Waals surface area contributed by atoms with Gasteiger partial charge in [-0.3, -0.25) is 13.8 Å². The van der Waals surface area contributed by atoms with Crippen molar-refractivity contribution in [1.29, 1.82) is 0 Å². The normalized spacial score (nSPS) is 14.9. The minimum absolute atomic E-state index is 0.222. The number of alkyl halides is 1. The molecule has 0 saturated heterocycles. The van der Waals surface area contributed by atoms with E-state index in [2.05, 4.69) is 20.6 Å². The highest BCUT2D eigenvalue weighted by Crippen LogP contribution is 2.24. The first-order chi connectivity index (χ1) is 18.0. The summed E-state index contributed by atoms with van der Waals surface area (Å²) >= 11 is 0. The Morgan fingerprint density at radius 1 is 1.08 bits per heavy atom. The molecule has 2 N–H and O–H groups in total. The number of nitrogens with zero attached hydrogens (tertiary/aromatic N) is 4. The predicted octanol–water partition coefficient (Wildman–Crippen LogP) is 4.56. The number of imidazole rings is 1. The maximum atomic E-state index is 13.9. The van der Waals surface area contributed by atoms with Crippen LogP contribution in [0.5, 0.6) is 5.75 Å². The van der Waals surface area contributed by atoms with Crippen LogP contribution in [-0.4, -0.2) is 32.0 Å². The predicted molar refractivity (Wildman–Crippen MR) is 133 cm³/mol. The topological polar surface area (TPSA) is 86.0 Å². The van der Waals surface area contributed by atoms with Gasteiger partial charge in [0.1, 0.15) is 11.6 Å². The first-order valence-electron chi connectivity index (χ1n) is 11.6. The minimum Gasteiger partial charge on any atom is -0.464 e. The molecule has 5 rings (SSSR count). The summed E-state index contributed by atoms with van der Waals surface area (Å²) in [7, 11) is 0. The van der Waals surface area contributed by atoms with Crippen molar-refractivity contribution >= 4 is 22.8 Å². The molecule has 2 aromatic carbocycles. The molecule has 11 heteroatoms. The number of hydrogen-bond donors (Lipinski definition) is 2. The van der Waals surface area contributed by atoms with Gasteiger partial charge in [0.15, 0.2) is 17.0 Å². The van der Waals surface area contributed by atoms with Gasteiger partial charge in [0, 0.05) is 12.2 Å². The van der Waals surface area contributed by atoms with Gasteiger partial charge in [-0.15, -0.1) is 0 Å². The Kier molecular flexibility index (Phi) is 6.93. The maximum Gasteiger partial charge on any atom is 0.300 e. The molecule has 3 heterocycles. The molecule has 0 spiro atoms. The van der Waals surface area contributed by atoms with E-state index < -0.39 is 24.3 Å². The van der Waals surface area contributed by atoms with Crippen LogP contribution >= 0.6 is 0 Å². The summed E-state index contributed by atoms with van der Waals surface area (Å²) < 4.78 is 49.0. The Hall–Kier alpha value is -4.54. The van der Waals surface area contributed by atoms with E-state index in [1.807, 2.05) is 0 Å². The van der Waals surface area contributed by atoms with Gasteiger partial charge in [-0.2, -0.15) is 4.98 Å². The molecule has 0 radical (unpaired) electrons. The molecule has 1 aliphatic heterocycles. The lowest BCUT2D eigenvalue weighted by Crippen LogP contribution is -2.32. The average Bonchev–Trinajstić information content (AvgIpc) is 3.33. The van der Waals surface area contributed by atoms with E-state index in [9.17, 15) is 18.0 Å². The second-order valence-electron chi connectivity index (χ2n) is 8.33. The van der Waals surface area contributed by atoms with Gasteiger partial charge in [0.05, 0.1) is 19.5 Å². The molecule has 0 amide bonds. The Balaban J connectivity index is 1.46. The number of benzene rings is 2. The number of allylic oxidation sites excluding steroid dienone is 2. The van der Waals surface area contributed by atoms with E-state index in [1.54, 1.807) is 57.8 Å². The van der Waals surface area contributed by atoms with Crippen molar-refractivity contribution in [2.75, 3.05) is 12.0 Å². The summed E-state index contributed by atoms with van der Waals surface area (Å²) in [6.45, 7) is 0.0168. The molecule has 4 aromatic rings. The third kappa shape index (κ3) is 5.35. The number of anilines is 2. The monoisotopic (exact) mass is 508 g/mol. The van der Waals surface area contributed by atoms with Crippen LogP contribution in [0.15, 0.2) is 83.8 Å². The fourth-order valence-corrected chi connectivity index (χ4v) is 3.94. The molecule has 8 nitrogen and oxygen atoms in total. The molecule has 0 fully saturated rings. The molecule has 1 atom stereocenters. The van der Waals surface area contributed by atoms with Crippen LogP contribution in [0.25, 0.3) is 11.2 Å². The van der Waals surface area contributed by atoms with E-state index in [1.165, 1.54) is 24.5 Å². The Morgan fingerprint density at radius 3 is 2.59 bits per heavy atom. The first kappa shape index (κ1) is 24.2. The lowest BCUT2D eigenvalue weighted by molar-refractivity contribution is 0.186. The molecule has 1 aliphatic rings. The summed E-state index contributed by atoms with van der Waals surface area (Å²) in [6.07, 6.45) is 5.26. The minimum atomic E-state index is -0.915. The van der Waals surface area contributed by atoms with Crippen molar-refractivity contribution in [3.63, 3.8) is 0 Å². The van der Waals surface area contributed by atoms with E-state index >= 15 is 0 Å².